The summed E-state index contributed by atoms with van der Waals surface area (Å²) in [7, 11) is 0. The molecule has 0 aromatic heterocycles. The molecule has 0 bridgehead atoms. The lowest BCUT2D eigenvalue weighted by molar-refractivity contribution is -0.385. The van der Waals surface area contributed by atoms with Gasteiger partial charge >= 0.3 is 0 Å². The lowest BCUT2D eigenvalue weighted by Crippen LogP contribution is -2.33. The highest BCUT2D eigenvalue weighted by atomic mass is 35.5. The Morgan fingerprint density at radius 2 is 2.17 bits per heavy atom. The molecule has 0 saturated heterocycles. The zero-order chi connectivity index (χ0) is 13.7. The van der Waals surface area contributed by atoms with Crippen LogP contribution in [-0.4, -0.2) is 22.7 Å². The van der Waals surface area contributed by atoms with E-state index in [4.69, 9.17) is 16.7 Å². The van der Waals surface area contributed by atoms with E-state index in [-0.39, 0.29) is 24.3 Å². The Kier molecular flexibility index (Phi) is 5.53. The summed E-state index contributed by atoms with van der Waals surface area (Å²) in [6.07, 6.45) is 0. The minimum absolute atomic E-state index is 0.0516. The average molecular weight is 273 g/mol. The molecule has 5 nitrogen and oxygen atoms in total. The Bertz CT molecular complexity index is 426. The highest BCUT2D eigenvalue weighted by molar-refractivity contribution is 6.30. The van der Waals surface area contributed by atoms with Crippen molar-refractivity contribution in [1.29, 1.82) is 0 Å². The Labute approximate surface area is 111 Å². The van der Waals surface area contributed by atoms with Crippen LogP contribution in [-0.2, 0) is 6.54 Å². The van der Waals surface area contributed by atoms with Crippen LogP contribution < -0.4 is 5.32 Å². The van der Waals surface area contributed by atoms with Gasteiger partial charge in [-0.15, -0.1) is 0 Å². The van der Waals surface area contributed by atoms with E-state index in [2.05, 4.69) is 5.32 Å². The second-order valence-corrected chi connectivity index (χ2v) is 4.80. The van der Waals surface area contributed by atoms with E-state index in [9.17, 15) is 10.1 Å². The molecule has 2 unspecified atom stereocenters. The van der Waals surface area contributed by atoms with Gasteiger partial charge in [-0.1, -0.05) is 18.5 Å². The quantitative estimate of drug-likeness (QED) is 0.616. The van der Waals surface area contributed by atoms with Gasteiger partial charge in [0.05, 0.1) is 4.92 Å². The Balaban J connectivity index is 2.77. The fraction of sp³-hybridized carbons (Fsp3) is 0.500. The fourth-order valence-electron chi connectivity index (χ4n) is 1.50. The largest absolute Gasteiger partial charge is 0.396 e. The highest BCUT2D eigenvalue weighted by Gasteiger charge is 2.16. The van der Waals surface area contributed by atoms with Crippen LogP contribution in [0.4, 0.5) is 5.69 Å². The van der Waals surface area contributed by atoms with E-state index in [1.165, 1.54) is 12.1 Å². The van der Waals surface area contributed by atoms with Gasteiger partial charge in [-0.25, -0.2) is 0 Å². The average Bonchev–Trinajstić information content (AvgIpc) is 2.34. The molecule has 0 aliphatic rings. The summed E-state index contributed by atoms with van der Waals surface area (Å²) in [4.78, 5) is 10.4. The summed E-state index contributed by atoms with van der Waals surface area (Å²) >= 11 is 5.84. The highest BCUT2D eigenvalue weighted by Crippen LogP contribution is 2.22. The van der Waals surface area contributed by atoms with Crippen LogP contribution in [0.1, 0.15) is 19.4 Å². The molecule has 0 aliphatic heterocycles. The molecule has 0 amide bonds. The van der Waals surface area contributed by atoms with Gasteiger partial charge < -0.3 is 10.4 Å². The maximum absolute atomic E-state index is 10.9. The monoisotopic (exact) mass is 272 g/mol. The Morgan fingerprint density at radius 3 is 2.72 bits per heavy atom. The summed E-state index contributed by atoms with van der Waals surface area (Å²) in [6.45, 7) is 4.26. The molecule has 100 valence electrons. The smallest absolute Gasteiger partial charge is 0.273 e. The summed E-state index contributed by atoms with van der Waals surface area (Å²) in [5.41, 5.74) is 0.597. The van der Waals surface area contributed by atoms with Gasteiger partial charge in [0.15, 0.2) is 0 Å². The third-order valence-corrected chi connectivity index (χ3v) is 3.23. The number of benzene rings is 1. The topological polar surface area (TPSA) is 75.4 Å². The van der Waals surface area contributed by atoms with E-state index >= 15 is 0 Å². The van der Waals surface area contributed by atoms with E-state index in [1.54, 1.807) is 6.07 Å². The maximum Gasteiger partial charge on any atom is 0.273 e. The normalized spacial score (nSPS) is 14.2. The second kappa shape index (κ2) is 6.68. The third kappa shape index (κ3) is 3.94. The van der Waals surface area contributed by atoms with E-state index in [0.717, 1.165) is 0 Å². The van der Waals surface area contributed by atoms with Crippen molar-refractivity contribution in [3.8, 4) is 0 Å². The van der Waals surface area contributed by atoms with Crippen molar-refractivity contribution in [3.05, 3.63) is 38.9 Å². The van der Waals surface area contributed by atoms with Crippen LogP contribution in [0.5, 0.6) is 0 Å². The third-order valence-electron chi connectivity index (χ3n) is 2.99. The van der Waals surface area contributed by atoms with Gasteiger partial charge in [-0.05, 0) is 25.0 Å². The molecule has 0 saturated carbocycles. The molecule has 0 fully saturated rings. The molecule has 18 heavy (non-hydrogen) atoms. The number of aliphatic hydroxyl groups is 1. The predicted molar refractivity (Wildman–Crippen MR) is 70.7 cm³/mol. The first kappa shape index (κ1) is 14.9. The zero-order valence-corrected chi connectivity index (χ0v) is 11.1. The van der Waals surface area contributed by atoms with Gasteiger partial charge in [-0.2, -0.15) is 0 Å². The van der Waals surface area contributed by atoms with Crippen LogP contribution in [0.15, 0.2) is 18.2 Å². The number of hydrogen-bond acceptors (Lipinski definition) is 4. The van der Waals surface area contributed by atoms with Crippen LogP contribution in [0.2, 0.25) is 5.02 Å². The fourth-order valence-corrected chi connectivity index (χ4v) is 1.70. The van der Waals surface area contributed by atoms with E-state index in [1.807, 2.05) is 13.8 Å². The molecule has 6 heteroatoms. The van der Waals surface area contributed by atoms with Crippen molar-refractivity contribution < 1.29 is 10.0 Å². The number of aliphatic hydroxyl groups excluding tert-OH is 1. The van der Waals surface area contributed by atoms with Crippen molar-refractivity contribution in [2.75, 3.05) is 6.61 Å². The molecular formula is C12H17ClN2O3. The number of hydrogen-bond donors (Lipinski definition) is 2. The zero-order valence-electron chi connectivity index (χ0n) is 10.4. The number of nitro benzene ring substituents is 1. The number of nitro groups is 1. The molecule has 2 N–H and O–H groups in total. The van der Waals surface area contributed by atoms with Crippen molar-refractivity contribution in [2.45, 2.75) is 26.4 Å². The molecule has 1 aromatic carbocycles. The van der Waals surface area contributed by atoms with Gasteiger partial charge in [-0.3, -0.25) is 10.1 Å². The first-order valence-electron chi connectivity index (χ1n) is 5.72. The summed E-state index contributed by atoms with van der Waals surface area (Å²) in [5, 5.41) is 23.5. The summed E-state index contributed by atoms with van der Waals surface area (Å²) < 4.78 is 0. The molecular weight excluding hydrogens is 256 g/mol. The Hall–Kier alpha value is -1.17. The summed E-state index contributed by atoms with van der Waals surface area (Å²) in [5.74, 6) is 0.0863. The minimum Gasteiger partial charge on any atom is -0.396 e. The van der Waals surface area contributed by atoms with Crippen LogP contribution in [0.25, 0.3) is 0 Å². The van der Waals surface area contributed by atoms with Crippen LogP contribution in [0, 0.1) is 16.0 Å². The molecule has 0 aliphatic carbocycles. The number of nitrogens with one attached hydrogen (secondary N) is 1. The lowest BCUT2D eigenvalue weighted by Gasteiger charge is -2.19. The first-order chi connectivity index (χ1) is 8.45. The van der Waals surface area contributed by atoms with E-state index < -0.39 is 4.92 Å². The molecule has 2 atom stereocenters. The first-order valence-corrected chi connectivity index (χ1v) is 6.10. The Morgan fingerprint density at radius 1 is 1.50 bits per heavy atom. The number of halogens is 1. The van der Waals surface area contributed by atoms with Crippen LogP contribution in [0.3, 0.4) is 0 Å². The van der Waals surface area contributed by atoms with Crippen LogP contribution >= 0.6 is 11.6 Å². The summed E-state index contributed by atoms with van der Waals surface area (Å²) in [6, 6.07) is 4.56. The van der Waals surface area contributed by atoms with Gasteiger partial charge in [0.25, 0.3) is 5.69 Å². The van der Waals surface area contributed by atoms with Crippen molar-refractivity contribution in [2.24, 2.45) is 5.92 Å². The second-order valence-electron chi connectivity index (χ2n) is 4.36. The van der Waals surface area contributed by atoms with Gasteiger partial charge in [0.2, 0.25) is 0 Å². The number of rotatable bonds is 6. The maximum atomic E-state index is 10.9. The number of nitrogens with zero attached hydrogens (tertiary/aromatic N) is 1. The lowest BCUT2D eigenvalue weighted by atomic mass is 10.0. The van der Waals surface area contributed by atoms with Gasteiger partial charge in [0, 0.05) is 35.8 Å². The van der Waals surface area contributed by atoms with Crippen molar-refractivity contribution in [1.82, 2.24) is 5.32 Å². The predicted octanol–water partition coefficient (Wildman–Crippen LogP) is 2.35. The van der Waals surface area contributed by atoms with Crippen molar-refractivity contribution >= 4 is 17.3 Å². The van der Waals surface area contributed by atoms with Crippen molar-refractivity contribution in [3.63, 3.8) is 0 Å². The standard InChI is InChI=1S/C12H17ClN2O3/c1-8(7-16)9(2)14-6-10-5-11(13)3-4-12(10)15(17)18/h3-5,8-9,14,16H,6-7H2,1-2H3. The molecule has 0 heterocycles. The van der Waals surface area contributed by atoms with E-state index in [0.29, 0.717) is 17.1 Å². The molecule has 0 spiro atoms. The minimum atomic E-state index is -0.423. The molecule has 1 rings (SSSR count). The van der Waals surface area contributed by atoms with Gasteiger partial charge in [0.1, 0.15) is 0 Å². The SMILES string of the molecule is CC(CO)C(C)NCc1cc(Cl)ccc1[N+](=O)[O-]. The molecule has 1 aromatic rings. The molecule has 0 radical (unpaired) electrons.